The fraction of sp³-hybridized carbons (Fsp3) is 1.00. The second kappa shape index (κ2) is 4.76. The second-order valence-electron chi connectivity index (χ2n) is 5.65. The smallest absolute Gasteiger partial charge is 0.115 e. The lowest BCUT2D eigenvalue weighted by atomic mass is 10.4. The van der Waals surface area contributed by atoms with Gasteiger partial charge in [0, 0.05) is 0 Å². The third kappa shape index (κ3) is 4.43. The van der Waals surface area contributed by atoms with Crippen LogP contribution in [0.5, 0.6) is 0 Å². The molecule has 0 saturated heterocycles. The van der Waals surface area contributed by atoms with Crippen molar-refractivity contribution in [3.8, 4) is 0 Å². The molecule has 13 heavy (non-hydrogen) atoms. The molecule has 0 rings (SSSR count). The average molecular weight is 218 g/mol. The molecule has 0 spiro atoms. The highest BCUT2D eigenvalue weighted by Crippen LogP contribution is 2.22. The van der Waals surface area contributed by atoms with E-state index in [9.17, 15) is 0 Å². The molecule has 0 radical (unpaired) electrons. The molecular weight excluding hydrogens is 190 g/mol. The highest BCUT2D eigenvalue weighted by molar-refractivity contribution is 6.90. The zero-order valence-electron chi connectivity index (χ0n) is 10.6. The fourth-order valence-corrected chi connectivity index (χ4v) is 10.8. The highest BCUT2D eigenvalue weighted by atomic mass is 28.4. The Balaban J connectivity index is 4.27. The van der Waals surface area contributed by atoms with Crippen LogP contribution in [0.3, 0.4) is 0 Å². The Kier molecular flexibility index (Phi) is 4.90. The van der Waals surface area contributed by atoms with Gasteiger partial charge in [-0.1, -0.05) is 52.5 Å². The van der Waals surface area contributed by atoms with Crippen LogP contribution < -0.4 is 0 Å². The molecule has 1 nitrogen and oxygen atoms in total. The number of hydrogen-bond donors (Lipinski definition) is 0. The van der Waals surface area contributed by atoms with Crippen LogP contribution >= 0.6 is 0 Å². The van der Waals surface area contributed by atoms with Crippen molar-refractivity contribution >= 4 is 16.5 Å². The van der Waals surface area contributed by atoms with Crippen LogP contribution in [-0.4, -0.2) is 27.7 Å². The van der Waals surface area contributed by atoms with Crippen LogP contribution in [0.2, 0.25) is 38.8 Å². The van der Waals surface area contributed by atoms with Crippen molar-refractivity contribution in [2.45, 2.75) is 58.5 Å². The summed E-state index contributed by atoms with van der Waals surface area (Å²) >= 11 is 0. The van der Waals surface area contributed by atoms with Gasteiger partial charge in [0.05, 0.1) is 0 Å². The van der Waals surface area contributed by atoms with E-state index in [1.54, 1.807) is 0 Å². The van der Waals surface area contributed by atoms with Crippen LogP contribution in [0.1, 0.15) is 19.8 Å². The van der Waals surface area contributed by atoms with Crippen LogP contribution in [0.15, 0.2) is 0 Å². The van der Waals surface area contributed by atoms with Crippen molar-refractivity contribution in [3.05, 3.63) is 0 Å². The molecule has 0 N–H and O–H groups in total. The summed E-state index contributed by atoms with van der Waals surface area (Å²) < 4.78 is 2.76. The molecule has 0 saturated carbocycles. The Bertz CT molecular complexity index is 149. The minimum atomic E-state index is -1.07. The first-order valence-corrected chi connectivity index (χ1v) is 12.1. The third-order valence-corrected chi connectivity index (χ3v) is 12.3. The van der Waals surface area contributed by atoms with Crippen LogP contribution in [0.4, 0.5) is 0 Å². The maximum atomic E-state index is 2.76. The van der Waals surface area contributed by atoms with Gasteiger partial charge < -0.3 is 4.23 Å². The molecule has 0 amide bonds. The maximum Gasteiger partial charge on any atom is 0.115 e. The summed E-state index contributed by atoms with van der Waals surface area (Å²) in [6.07, 6.45) is 2.75. The highest BCUT2D eigenvalue weighted by Gasteiger charge is 2.33. The van der Waals surface area contributed by atoms with Gasteiger partial charge in [-0.2, -0.15) is 0 Å². The molecule has 0 aromatic heterocycles. The topological polar surface area (TPSA) is 3.24 Å². The minimum absolute atomic E-state index is 1.05. The number of nitrogens with zero attached hydrogens (tertiary/aromatic N) is 1. The van der Waals surface area contributed by atoms with Gasteiger partial charge in [0.1, 0.15) is 16.5 Å². The largest absolute Gasteiger partial charge is 0.348 e. The minimum Gasteiger partial charge on any atom is -0.348 e. The standard InChI is InChI=1S/C10H27NSi2/c1-8-9-10-13(6,7)11(2)12(3,4)5/h8-10H2,1-7H3. The Morgan fingerprint density at radius 1 is 1.00 bits per heavy atom. The SMILES string of the molecule is CCCC[Si](C)(C)N(C)[Si](C)(C)C. The second-order valence-corrected chi connectivity index (χ2v) is 15.9. The molecule has 0 aromatic carbocycles. The van der Waals surface area contributed by atoms with E-state index in [2.05, 4.69) is 50.9 Å². The van der Waals surface area contributed by atoms with E-state index >= 15 is 0 Å². The molecule has 0 atom stereocenters. The van der Waals surface area contributed by atoms with Crippen LogP contribution in [0.25, 0.3) is 0 Å². The molecule has 0 aliphatic heterocycles. The van der Waals surface area contributed by atoms with E-state index in [1.807, 2.05) is 0 Å². The molecular formula is C10H27NSi2. The van der Waals surface area contributed by atoms with E-state index in [-0.39, 0.29) is 0 Å². The van der Waals surface area contributed by atoms with Crippen molar-refractivity contribution in [1.29, 1.82) is 0 Å². The Morgan fingerprint density at radius 2 is 1.46 bits per heavy atom. The molecule has 0 aromatic rings. The third-order valence-electron chi connectivity index (χ3n) is 3.06. The summed E-state index contributed by atoms with van der Waals surface area (Å²) in [7, 11) is 0.236. The van der Waals surface area contributed by atoms with E-state index in [0.29, 0.717) is 0 Å². The quantitative estimate of drug-likeness (QED) is 0.634. The lowest BCUT2D eigenvalue weighted by Gasteiger charge is -2.42. The van der Waals surface area contributed by atoms with E-state index < -0.39 is 16.5 Å². The summed E-state index contributed by atoms with van der Waals surface area (Å²) in [6.45, 7) is 14.7. The van der Waals surface area contributed by atoms with Gasteiger partial charge in [-0.15, -0.1) is 0 Å². The average Bonchev–Trinajstić information content (AvgIpc) is 1.98. The maximum absolute atomic E-state index is 2.76. The van der Waals surface area contributed by atoms with Gasteiger partial charge in [0.15, 0.2) is 0 Å². The molecule has 80 valence electrons. The number of hydrogen-bond acceptors (Lipinski definition) is 1. The van der Waals surface area contributed by atoms with E-state index in [1.165, 1.54) is 18.9 Å². The summed E-state index contributed by atoms with van der Waals surface area (Å²) in [5.74, 6) is 0. The van der Waals surface area contributed by atoms with E-state index in [4.69, 9.17) is 0 Å². The molecule has 3 heteroatoms. The Labute approximate surface area is 86.7 Å². The first kappa shape index (κ1) is 13.4. The normalized spacial score (nSPS) is 13.8. The number of rotatable bonds is 5. The van der Waals surface area contributed by atoms with Crippen LogP contribution in [-0.2, 0) is 0 Å². The molecule has 0 bridgehead atoms. The van der Waals surface area contributed by atoms with Crippen molar-refractivity contribution in [3.63, 3.8) is 0 Å². The van der Waals surface area contributed by atoms with Gasteiger partial charge in [0.2, 0.25) is 0 Å². The van der Waals surface area contributed by atoms with Gasteiger partial charge in [-0.05, 0) is 13.1 Å². The molecule has 0 unspecified atom stereocenters. The number of unbranched alkanes of at least 4 members (excludes halogenated alkanes) is 1. The zero-order chi connectivity index (χ0) is 10.7. The lowest BCUT2D eigenvalue weighted by molar-refractivity contribution is 0.723. The first-order chi connectivity index (χ1) is 5.72. The van der Waals surface area contributed by atoms with Crippen molar-refractivity contribution in [2.75, 3.05) is 7.05 Å². The Morgan fingerprint density at radius 3 is 1.77 bits per heavy atom. The van der Waals surface area contributed by atoms with Gasteiger partial charge >= 0.3 is 0 Å². The predicted octanol–water partition coefficient (Wildman–Crippen LogP) is 3.76. The molecule has 0 fully saturated rings. The fourth-order valence-electron chi connectivity index (χ4n) is 1.69. The van der Waals surface area contributed by atoms with Crippen LogP contribution in [0, 0.1) is 0 Å². The van der Waals surface area contributed by atoms with Crippen molar-refractivity contribution < 1.29 is 0 Å². The first-order valence-electron chi connectivity index (χ1n) is 5.46. The monoisotopic (exact) mass is 217 g/mol. The summed E-state index contributed by atoms with van der Waals surface area (Å²) in [5, 5.41) is 0. The molecule has 0 aliphatic rings. The summed E-state index contributed by atoms with van der Waals surface area (Å²) in [5.41, 5.74) is 0. The van der Waals surface area contributed by atoms with Gasteiger partial charge in [0.25, 0.3) is 0 Å². The van der Waals surface area contributed by atoms with Gasteiger partial charge in [-0.25, -0.2) is 0 Å². The lowest BCUT2D eigenvalue weighted by Crippen LogP contribution is -2.58. The zero-order valence-corrected chi connectivity index (χ0v) is 12.6. The molecule has 0 heterocycles. The predicted molar refractivity (Wildman–Crippen MR) is 68.3 cm³/mol. The molecule has 0 aliphatic carbocycles. The van der Waals surface area contributed by atoms with Crippen molar-refractivity contribution in [1.82, 2.24) is 4.23 Å². The Hall–Kier alpha value is 0.394. The van der Waals surface area contributed by atoms with Crippen molar-refractivity contribution in [2.24, 2.45) is 0 Å². The van der Waals surface area contributed by atoms with E-state index in [0.717, 1.165) is 0 Å². The van der Waals surface area contributed by atoms with Gasteiger partial charge in [-0.3, -0.25) is 0 Å². The summed E-state index contributed by atoms with van der Waals surface area (Å²) in [6, 6.07) is 1.46. The summed E-state index contributed by atoms with van der Waals surface area (Å²) in [4.78, 5) is 0.